The molecule has 1 aliphatic heterocycles. The number of rotatable bonds is 11. The highest BCUT2D eigenvalue weighted by molar-refractivity contribution is 8.18. The number of nitrogens with zero attached hydrogens (tertiary/aromatic N) is 1. The van der Waals surface area contributed by atoms with Crippen molar-refractivity contribution in [1.29, 1.82) is 0 Å². The van der Waals surface area contributed by atoms with Crippen molar-refractivity contribution in [2.24, 2.45) is 0 Å². The summed E-state index contributed by atoms with van der Waals surface area (Å²) < 4.78 is 20.5. The number of methoxy groups -OCH3 is 1. The van der Waals surface area contributed by atoms with Gasteiger partial charge < -0.3 is 18.9 Å². The van der Waals surface area contributed by atoms with Crippen molar-refractivity contribution >= 4 is 40.9 Å². The Morgan fingerprint density at radius 2 is 1.87 bits per heavy atom. The van der Waals surface area contributed by atoms with Crippen LogP contribution >= 0.6 is 11.8 Å². The second kappa shape index (κ2) is 12.0. The molecule has 168 valence electrons. The third kappa shape index (κ3) is 7.02. The molecule has 0 spiro atoms. The molecular formula is C21H25NO8S. The zero-order valence-electron chi connectivity index (χ0n) is 17.7. The van der Waals surface area contributed by atoms with Crippen molar-refractivity contribution in [3.8, 4) is 11.5 Å². The molecule has 0 aliphatic carbocycles. The summed E-state index contributed by atoms with van der Waals surface area (Å²) in [5.74, 6) is -1.06. The van der Waals surface area contributed by atoms with E-state index in [1.165, 1.54) is 13.2 Å². The average molecular weight is 451 g/mol. The van der Waals surface area contributed by atoms with E-state index < -0.39 is 29.6 Å². The van der Waals surface area contributed by atoms with E-state index in [9.17, 15) is 19.2 Å². The quantitative estimate of drug-likeness (QED) is 0.285. The highest BCUT2D eigenvalue weighted by atomic mass is 32.2. The van der Waals surface area contributed by atoms with Crippen LogP contribution in [0.15, 0.2) is 23.1 Å². The van der Waals surface area contributed by atoms with E-state index in [0.29, 0.717) is 17.7 Å². The van der Waals surface area contributed by atoms with E-state index in [1.807, 2.05) is 6.92 Å². The molecule has 0 bridgehead atoms. The van der Waals surface area contributed by atoms with Gasteiger partial charge in [0.05, 0.1) is 25.2 Å². The van der Waals surface area contributed by atoms with Gasteiger partial charge in [0, 0.05) is 0 Å². The van der Waals surface area contributed by atoms with Gasteiger partial charge in [-0.05, 0) is 48.9 Å². The van der Waals surface area contributed by atoms with Gasteiger partial charge in [0.1, 0.15) is 6.54 Å². The van der Waals surface area contributed by atoms with Gasteiger partial charge in [-0.2, -0.15) is 0 Å². The maximum atomic E-state index is 12.6. The maximum Gasteiger partial charge on any atom is 0.344 e. The standard InChI is InChI=1S/C21H25NO8S/c1-4-6-9-29-18(23)12-22-20(25)17(31-21(22)26)11-14-7-8-15(27-3)16(10-14)30-13-19(24)28-5-2/h7-8,10-11H,4-6,9,12-13H2,1-3H3/b17-11-. The number of hydrogen-bond acceptors (Lipinski definition) is 9. The van der Waals surface area contributed by atoms with Crippen molar-refractivity contribution in [2.45, 2.75) is 26.7 Å². The van der Waals surface area contributed by atoms with Gasteiger partial charge in [0.25, 0.3) is 11.1 Å². The SMILES string of the molecule is CCCCOC(=O)CN1C(=O)S/C(=C\c2ccc(OC)c(OCC(=O)OCC)c2)C1=O. The molecule has 2 amide bonds. The maximum absolute atomic E-state index is 12.6. The van der Waals surface area contributed by atoms with Gasteiger partial charge in [-0.1, -0.05) is 19.4 Å². The molecule has 2 rings (SSSR count). The number of carbonyl (C=O) groups excluding carboxylic acids is 4. The van der Waals surface area contributed by atoms with Gasteiger partial charge >= 0.3 is 11.9 Å². The van der Waals surface area contributed by atoms with Crippen LogP contribution in [0, 0.1) is 0 Å². The second-order valence-corrected chi connectivity index (χ2v) is 7.34. The zero-order valence-corrected chi connectivity index (χ0v) is 18.5. The number of imide groups is 1. The third-order valence-electron chi connectivity index (χ3n) is 4.06. The van der Waals surface area contributed by atoms with Crippen molar-refractivity contribution in [2.75, 3.05) is 33.5 Å². The molecule has 0 aromatic heterocycles. The van der Waals surface area contributed by atoms with Gasteiger partial charge in [-0.25, -0.2) is 4.79 Å². The summed E-state index contributed by atoms with van der Waals surface area (Å²) >= 11 is 0.732. The lowest BCUT2D eigenvalue weighted by molar-refractivity contribution is -0.146. The Morgan fingerprint density at radius 3 is 2.55 bits per heavy atom. The monoisotopic (exact) mass is 451 g/mol. The van der Waals surface area contributed by atoms with Gasteiger partial charge in [-0.15, -0.1) is 0 Å². The van der Waals surface area contributed by atoms with E-state index in [-0.39, 0.29) is 30.5 Å². The number of amides is 2. The lowest BCUT2D eigenvalue weighted by Crippen LogP contribution is -2.34. The zero-order chi connectivity index (χ0) is 22.8. The first-order chi connectivity index (χ1) is 14.9. The molecule has 1 fully saturated rings. The Bertz CT molecular complexity index is 867. The molecule has 1 heterocycles. The Hall–Kier alpha value is -3.01. The number of unbranched alkanes of at least 4 members (excludes halogenated alkanes) is 1. The van der Waals surface area contributed by atoms with Crippen molar-refractivity contribution in [3.63, 3.8) is 0 Å². The molecule has 10 heteroatoms. The topological polar surface area (TPSA) is 108 Å². The Morgan fingerprint density at radius 1 is 1.10 bits per heavy atom. The number of carbonyl (C=O) groups is 4. The minimum atomic E-state index is -0.629. The van der Waals surface area contributed by atoms with Crippen LogP contribution in [0.25, 0.3) is 6.08 Å². The van der Waals surface area contributed by atoms with Crippen LogP contribution in [0.4, 0.5) is 4.79 Å². The van der Waals surface area contributed by atoms with Crippen molar-refractivity contribution in [3.05, 3.63) is 28.7 Å². The lowest BCUT2D eigenvalue weighted by atomic mass is 10.2. The molecule has 1 saturated heterocycles. The molecule has 0 saturated carbocycles. The van der Waals surface area contributed by atoms with Crippen LogP contribution in [0.1, 0.15) is 32.3 Å². The van der Waals surface area contributed by atoms with E-state index in [1.54, 1.807) is 25.1 Å². The second-order valence-electron chi connectivity index (χ2n) is 6.35. The molecule has 1 aromatic carbocycles. The highest BCUT2D eigenvalue weighted by Crippen LogP contribution is 2.34. The minimum Gasteiger partial charge on any atom is -0.493 e. The Kier molecular flexibility index (Phi) is 9.39. The largest absolute Gasteiger partial charge is 0.493 e. The molecule has 31 heavy (non-hydrogen) atoms. The fraction of sp³-hybridized carbons (Fsp3) is 0.429. The fourth-order valence-electron chi connectivity index (χ4n) is 2.53. The predicted molar refractivity (Wildman–Crippen MR) is 114 cm³/mol. The predicted octanol–water partition coefficient (Wildman–Crippen LogP) is 3.02. The van der Waals surface area contributed by atoms with E-state index in [4.69, 9.17) is 18.9 Å². The van der Waals surface area contributed by atoms with Crippen LogP contribution in [-0.2, 0) is 23.9 Å². The summed E-state index contributed by atoms with van der Waals surface area (Å²) in [4.78, 5) is 49.2. The van der Waals surface area contributed by atoms with Gasteiger partial charge in [0.2, 0.25) is 0 Å². The van der Waals surface area contributed by atoms with Crippen LogP contribution in [-0.4, -0.2) is 61.5 Å². The highest BCUT2D eigenvalue weighted by Gasteiger charge is 2.36. The van der Waals surface area contributed by atoms with Crippen LogP contribution < -0.4 is 9.47 Å². The molecule has 0 unspecified atom stereocenters. The fourth-order valence-corrected chi connectivity index (χ4v) is 3.37. The van der Waals surface area contributed by atoms with Crippen molar-refractivity contribution in [1.82, 2.24) is 4.90 Å². The molecule has 9 nitrogen and oxygen atoms in total. The number of thioether (sulfide) groups is 1. The first-order valence-corrected chi connectivity index (χ1v) is 10.6. The molecule has 1 aromatic rings. The Balaban J connectivity index is 2.11. The third-order valence-corrected chi connectivity index (χ3v) is 4.97. The summed E-state index contributed by atoms with van der Waals surface area (Å²) in [6.45, 7) is 3.41. The van der Waals surface area contributed by atoms with Crippen LogP contribution in [0.5, 0.6) is 11.5 Å². The molecule has 0 atom stereocenters. The summed E-state index contributed by atoms with van der Waals surface area (Å²) in [5, 5.41) is -0.545. The van der Waals surface area contributed by atoms with Gasteiger partial charge in [0.15, 0.2) is 18.1 Å². The number of benzene rings is 1. The Labute approximate surface area is 184 Å². The summed E-state index contributed by atoms with van der Waals surface area (Å²) in [6, 6.07) is 4.86. The number of esters is 2. The summed E-state index contributed by atoms with van der Waals surface area (Å²) in [6.07, 6.45) is 3.08. The summed E-state index contributed by atoms with van der Waals surface area (Å²) in [7, 11) is 1.46. The molecule has 1 aliphatic rings. The first kappa shape index (κ1) is 24.3. The smallest absolute Gasteiger partial charge is 0.344 e. The number of ether oxygens (including phenoxy) is 4. The van der Waals surface area contributed by atoms with E-state index in [0.717, 1.165) is 23.1 Å². The average Bonchev–Trinajstić information content (AvgIpc) is 3.00. The minimum absolute atomic E-state index is 0.160. The normalized spacial score (nSPS) is 14.7. The molecular weight excluding hydrogens is 426 g/mol. The van der Waals surface area contributed by atoms with Gasteiger partial charge in [-0.3, -0.25) is 19.3 Å². The van der Waals surface area contributed by atoms with Crippen LogP contribution in [0.2, 0.25) is 0 Å². The van der Waals surface area contributed by atoms with E-state index in [2.05, 4.69) is 0 Å². The molecule has 0 radical (unpaired) electrons. The lowest BCUT2D eigenvalue weighted by Gasteiger charge is -2.12. The van der Waals surface area contributed by atoms with Crippen LogP contribution in [0.3, 0.4) is 0 Å². The first-order valence-electron chi connectivity index (χ1n) is 9.77. The van der Waals surface area contributed by atoms with Crippen molar-refractivity contribution < 1.29 is 38.1 Å². The number of hydrogen-bond donors (Lipinski definition) is 0. The summed E-state index contributed by atoms with van der Waals surface area (Å²) in [5.41, 5.74) is 0.552. The molecule has 0 N–H and O–H groups in total. The van der Waals surface area contributed by atoms with E-state index >= 15 is 0 Å².